The maximum atomic E-state index is 11.0. The number of primary amides is 1. The van der Waals surface area contributed by atoms with E-state index in [2.05, 4.69) is 5.32 Å². The van der Waals surface area contributed by atoms with Crippen molar-refractivity contribution >= 4 is 29.1 Å². The van der Waals surface area contributed by atoms with Gasteiger partial charge in [-0.1, -0.05) is 11.6 Å². The summed E-state index contributed by atoms with van der Waals surface area (Å²) >= 11 is 12.5. The van der Waals surface area contributed by atoms with Crippen molar-refractivity contribution in [1.29, 1.82) is 0 Å². The Bertz CT molecular complexity index is 450. The molecule has 19 heavy (non-hydrogen) atoms. The van der Waals surface area contributed by atoms with E-state index < -0.39 is 10.8 Å². The van der Waals surface area contributed by atoms with Crippen LogP contribution in [0.4, 0.5) is 0 Å². The van der Waals surface area contributed by atoms with Gasteiger partial charge in [-0.05, 0) is 38.0 Å². The van der Waals surface area contributed by atoms with E-state index in [1.54, 1.807) is 12.2 Å². The van der Waals surface area contributed by atoms with Gasteiger partial charge >= 0.3 is 0 Å². The van der Waals surface area contributed by atoms with Crippen LogP contribution in [0.25, 0.3) is 0 Å². The first kappa shape index (κ1) is 14.7. The van der Waals surface area contributed by atoms with Crippen molar-refractivity contribution in [3.8, 4) is 0 Å². The van der Waals surface area contributed by atoms with Crippen molar-refractivity contribution in [2.75, 3.05) is 6.54 Å². The number of rotatable bonds is 3. The fourth-order valence-electron chi connectivity index (χ4n) is 2.90. The predicted molar refractivity (Wildman–Crippen MR) is 76.1 cm³/mol. The van der Waals surface area contributed by atoms with Crippen LogP contribution in [0, 0.1) is 11.3 Å². The summed E-state index contributed by atoms with van der Waals surface area (Å²) in [5.74, 6) is 0.0937. The van der Waals surface area contributed by atoms with Crippen molar-refractivity contribution in [1.82, 2.24) is 5.32 Å². The molecule has 0 aromatic rings. The molecular weight excluding hydrogens is 287 g/mol. The van der Waals surface area contributed by atoms with Crippen LogP contribution in [0.5, 0.6) is 0 Å². The van der Waals surface area contributed by atoms with E-state index in [9.17, 15) is 9.90 Å². The van der Waals surface area contributed by atoms with Crippen LogP contribution >= 0.6 is 23.2 Å². The Labute approximate surface area is 122 Å². The SMILES string of the molecule is CC1([C@H]2C[C@H](CC(N)=O)CN2)C(O)=CC=C(Cl)C1Cl. The highest BCUT2D eigenvalue weighted by atomic mass is 35.5. The second kappa shape index (κ2) is 5.35. The summed E-state index contributed by atoms with van der Waals surface area (Å²) in [7, 11) is 0. The number of carbonyl (C=O) groups is 1. The van der Waals surface area contributed by atoms with Gasteiger partial charge in [-0.15, -0.1) is 11.6 Å². The molecule has 1 aliphatic carbocycles. The third kappa shape index (κ3) is 2.62. The topological polar surface area (TPSA) is 75.4 Å². The highest BCUT2D eigenvalue weighted by molar-refractivity contribution is 6.38. The lowest BCUT2D eigenvalue weighted by Crippen LogP contribution is -2.48. The number of hydrogen-bond acceptors (Lipinski definition) is 3. The van der Waals surface area contributed by atoms with Crippen LogP contribution in [-0.2, 0) is 4.79 Å². The smallest absolute Gasteiger partial charge is 0.217 e. The molecule has 0 bridgehead atoms. The monoisotopic (exact) mass is 304 g/mol. The first-order valence-corrected chi connectivity index (χ1v) is 7.09. The third-order valence-corrected chi connectivity index (χ3v) is 5.30. The molecule has 0 spiro atoms. The Balaban J connectivity index is 2.16. The molecule has 2 rings (SSSR count). The van der Waals surface area contributed by atoms with E-state index in [1.807, 2.05) is 6.92 Å². The zero-order valence-electron chi connectivity index (χ0n) is 10.7. The minimum Gasteiger partial charge on any atom is -0.512 e. The van der Waals surface area contributed by atoms with E-state index in [4.69, 9.17) is 28.9 Å². The first-order valence-electron chi connectivity index (χ1n) is 6.28. The quantitative estimate of drug-likeness (QED) is 0.698. The second-order valence-electron chi connectivity index (χ2n) is 5.48. The van der Waals surface area contributed by atoms with Gasteiger partial charge in [-0.25, -0.2) is 0 Å². The van der Waals surface area contributed by atoms with Gasteiger partial charge in [0.2, 0.25) is 5.91 Å². The maximum absolute atomic E-state index is 11.0. The number of hydrogen-bond donors (Lipinski definition) is 3. The van der Waals surface area contributed by atoms with Gasteiger partial charge in [0.1, 0.15) is 5.76 Å². The van der Waals surface area contributed by atoms with Gasteiger partial charge in [-0.2, -0.15) is 0 Å². The van der Waals surface area contributed by atoms with Gasteiger partial charge in [0.15, 0.2) is 0 Å². The average Bonchev–Trinajstić information content (AvgIpc) is 2.79. The number of aliphatic hydroxyl groups is 1. The van der Waals surface area contributed by atoms with E-state index in [1.165, 1.54) is 0 Å². The molecule has 0 radical (unpaired) electrons. The molecular formula is C13H18Cl2N2O2. The number of nitrogens with one attached hydrogen (secondary N) is 1. The van der Waals surface area contributed by atoms with Crippen LogP contribution in [0.2, 0.25) is 0 Å². The number of aliphatic hydroxyl groups excluding tert-OH is 1. The van der Waals surface area contributed by atoms with E-state index in [-0.39, 0.29) is 23.6 Å². The van der Waals surface area contributed by atoms with Gasteiger partial charge in [0, 0.05) is 17.5 Å². The van der Waals surface area contributed by atoms with Crippen molar-refractivity contribution in [3.63, 3.8) is 0 Å². The minimum absolute atomic E-state index is 0.0296. The summed E-state index contributed by atoms with van der Waals surface area (Å²) in [6, 6.07) is -0.0296. The predicted octanol–water partition coefficient (Wildman–Crippen LogP) is 2.03. The molecule has 0 aromatic heterocycles. The van der Waals surface area contributed by atoms with E-state index in [0.29, 0.717) is 18.0 Å². The normalized spacial score (nSPS) is 38.8. The third-order valence-electron chi connectivity index (χ3n) is 4.16. The van der Waals surface area contributed by atoms with Crippen LogP contribution in [0.1, 0.15) is 19.8 Å². The molecule has 1 amide bonds. The fourth-order valence-corrected chi connectivity index (χ4v) is 3.53. The van der Waals surface area contributed by atoms with Gasteiger partial charge in [0.05, 0.1) is 10.8 Å². The largest absolute Gasteiger partial charge is 0.512 e. The molecule has 1 fully saturated rings. The van der Waals surface area contributed by atoms with Gasteiger partial charge < -0.3 is 16.2 Å². The van der Waals surface area contributed by atoms with Crippen LogP contribution in [0.15, 0.2) is 22.9 Å². The van der Waals surface area contributed by atoms with Crippen LogP contribution < -0.4 is 11.1 Å². The standard InChI is InChI=1S/C13H18Cl2N2O2/c1-13(10(18)3-2-8(14)12(13)15)9-4-7(6-17-9)5-11(16)19/h2-3,7,9,12,17-18H,4-6H2,1H3,(H2,16,19)/t7-,9-,12?,13?/m1/s1. The zero-order valence-corrected chi connectivity index (χ0v) is 12.2. The zero-order chi connectivity index (χ0) is 14.2. The average molecular weight is 305 g/mol. The van der Waals surface area contributed by atoms with Gasteiger partial charge in [-0.3, -0.25) is 4.79 Å². The Hall–Kier alpha value is -0.710. The molecule has 1 heterocycles. The molecule has 4 atom stereocenters. The summed E-state index contributed by atoms with van der Waals surface area (Å²) < 4.78 is 0. The number of nitrogens with two attached hydrogens (primary N) is 1. The molecule has 106 valence electrons. The Morgan fingerprint density at radius 1 is 1.63 bits per heavy atom. The lowest BCUT2D eigenvalue weighted by atomic mass is 9.73. The molecule has 6 heteroatoms. The lowest BCUT2D eigenvalue weighted by Gasteiger charge is -2.40. The van der Waals surface area contributed by atoms with Crippen LogP contribution in [0.3, 0.4) is 0 Å². The minimum atomic E-state index is -0.667. The molecule has 0 saturated carbocycles. The summed E-state index contributed by atoms with van der Waals surface area (Å²) in [5.41, 5.74) is 4.56. The summed E-state index contributed by atoms with van der Waals surface area (Å²) in [4.78, 5) is 11.0. The summed E-state index contributed by atoms with van der Waals surface area (Å²) in [6.07, 6.45) is 4.29. The molecule has 2 unspecified atom stereocenters. The van der Waals surface area contributed by atoms with E-state index >= 15 is 0 Å². The molecule has 4 N–H and O–H groups in total. The van der Waals surface area contributed by atoms with Crippen LogP contribution in [-0.4, -0.2) is 29.0 Å². The first-order chi connectivity index (χ1) is 8.85. The molecule has 1 aliphatic heterocycles. The number of amides is 1. The molecule has 1 saturated heterocycles. The number of halogens is 2. The van der Waals surface area contributed by atoms with E-state index in [0.717, 1.165) is 6.42 Å². The number of allylic oxidation sites excluding steroid dienone is 3. The molecule has 4 nitrogen and oxygen atoms in total. The van der Waals surface area contributed by atoms with Crippen molar-refractivity contribution in [2.24, 2.45) is 17.1 Å². The fraction of sp³-hybridized carbons (Fsp3) is 0.615. The summed E-state index contributed by atoms with van der Waals surface area (Å²) in [6.45, 7) is 2.58. The number of alkyl halides is 1. The second-order valence-corrected chi connectivity index (χ2v) is 6.35. The number of carbonyl (C=O) groups excluding carboxylic acids is 1. The van der Waals surface area contributed by atoms with Crippen molar-refractivity contribution in [2.45, 2.75) is 31.2 Å². The van der Waals surface area contributed by atoms with Crippen molar-refractivity contribution < 1.29 is 9.90 Å². The molecule has 0 aromatic carbocycles. The summed E-state index contributed by atoms with van der Waals surface area (Å²) in [5, 5.41) is 13.5. The lowest BCUT2D eigenvalue weighted by molar-refractivity contribution is -0.118. The maximum Gasteiger partial charge on any atom is 0.217 e. The molecule has 2 aliphatic rings. The van der Waals surface area contributed by atoms with Gasteiger partial charge in [0.25, 0.3) is 0 Å². The highest BCUT2D eigenvalue weighted by Crippen LogP contribution is 2.47. The van der Waals surface area contributed by atoms with Crippen molar-refractivity contribution in [3.05, 3.63) is 22.9 Å². The Morgan fingerprint density at radius 2 is 2.32 bits per heavy atom. The Kier molecular flexibility index (Phi) is 4.14. The highest BCUT2D eigenvalue weighted by Gasteiger charge is 2.49. The Morgan fingerprint density at radius 3 is 2.95 bits per heavy atom.